The number of aliphatic hydroxyl groups excluding tert-OH is 1. The van der Waals surface area contributed by atoms with Gasteiger partial charge in [-0.1, -0.05) is 11.6 Å². The minimum Gasteiger partial charge on any atom is -0.477 e. The van der Waals surface area contributed by atoms with Gasteiger partial charge in [-0.3, -0.25) is 0 Å². The number of aliphatic hydroxyl groups is 1. The third-order valence-electron chi connectivity index (χ3n) is 0.784. The summed E-state index contributed by atoms with van der Waals surface area (Å²) < 4.78 is 0.507. The van der Waals surface area contributed by atoms with Gasteiger partial charge in [0.2, 0.25) is 0 Å². The number of thiophene rings is 1. The van der Waals surface area contributed by atoms with Crippen LogP contribution in [0.5, 0.6) is 0 Å². The molecule has 0 fully saturated rings. The van der Waals surface area contributed by atoms with E-state index in [9.17, 15) is 4.79 Å². The first kappa shape index (κ1) is 11.4. The van der Waals surface area contributed by atoms with Gasteiger partial charge in [-0.25, -0.2) is 4.79 Å². The Morgan fingerprint density at radius 3 is 2.33 bits per heavy atom. The van der Waals surface area contributed by atoms with Gasteiger partial charge >= 0.3 is 5.97 Å². The summed E-state index contributed by atoms with van der Waals surface area (Å²) in [4.78, 5) is 10.4. The van der Waals surface area contributed by atoms with Crippen LogP contribution in [0.3, 0.4) is 0 Å². The zero-order valence-corrected chi connectivity index (χ0v) is 8.02. The first-order valence-corrected chi connectivity index (χ1v) is 4.40. The van der Waals surface area contributed by atoms with E-state index in [1.165, 1.54) is 6.07 Å². The molecule has 1 heterocycles. The van der Waals surface area contributed by atoms with Crippen molar-refractivity contribution >= 4 is 28.9 Å². The van der Waals surface area contributed by atoms with Crippen molar-refractivity contribution in [1.29, 1.82) is 0 Å². The molecule has 0 unspecified atom stereocenters. The Labute approximate surface area is 79.2 Å². The summed E-state index contributed by atoms with van der Waals surface area (Å²) in [6, 6.07) is 3.05. The Morgan fingerprint density at radius 1 is 1.67 bits per heavy atom. The number of hydrogen-bond acceptors (Lipinski definition) is 3. The van der Waals surface area contributed by atoms with E-state index in [0.717, 1.165) is 11.3 Å². The molecule has 0 aliphatic carbocycles. The predicted molar refractivity (Wildman–Crippen MR) is 49.0 cm³/mol. The zero-order chi connectivity index (χ0) is 9.56. The average molecular weight is 209 g/mol. The van der Waals surface area contributed by atoms with Crippen LogP contribution in [0.15, 0.2) is 12.1 Å². The summed E-state index contributed by atoms with van der Waals surface area (Å²) >= 11 is 6.52. The molecular formula is C7H9ClO3S. The van der Waals surface area contributed by atoms with Crippen molar-refractivity contribution in [2.45, 2.75) is 6.92 Å². The number of carboxylic acid groups (broad SMARTS) is 1. The van der Waals surface area contributed by atoms with E-state index in [-0.39, 0.29) is 11.5 Å². The number of carboxylic acids is 1. The van der Waals surface area contributed by atoms with E-state index in [0.29, 0.717) is 4.34 Å². The Hall–Kier alpha value is -0.580. The SMILES string of the molecule is CCO.O=C(O)c1ccc(Cl)s1. The smallest absolute Gasteiger partial charge is 0.345 e. The van der Waals surface area contributed by atoms with Crippen LogP contribution in [-0.4, -0.2) is 22.8 Å². The number of carbonyl (C=O) groups is 1. The Kier molecular flexibility index (Phi) is 5.70. The largest absolute Gasteiger partial charge is 0.477 e. The van der Waals surface area contributed by atoms with Crippen molar-refractivity contribution in [3.63, 3.8) is 0 Å². The van der Waals surface area contributed by atoms with Gasteiger partial charge in [0, 0.05) is 6.61 Å². The standard InChI is InChI=1S/C5H3ClO2S.C2H6O/c6-4-2-1-3(9-4)5(7)8;1-2-3/h1-2H,(H,7,8);3H,2H2,1H3. The fraction of sp³-hybridized carbons (Fsp3) is 0.286. The normalized spacial score (nSPS) is 8.58. The number of aromatic carboxylic acids is 1. The minimum absolute atomic E-state index is 0.250. The van der Waals surface area contributed by atoms with Gasteiger partial charge < -0.3 is 10.2 Å². The molecule has 3 nitrogen and oxygen atoms in total. The van der Waals surface area contributed by atoms with Crippen LogP contribution in [0.2, 0.25) is 4.34 Å². The first-order valence-electron chi connectivity index (χ1n) is 3.21. The van der Waals surface area contributed by atoms with Crippen molar-refractivity contribution in [3.05, 3.63) is 21.3 Å². The summed E-state index contributed by atoms with van der Waals surface area (Å²) in [6.07, 6.45) is 0. The monoisotopic (exact) mass is 208 g/mol. The van der Waals surface area contributed by atoms with Crippen LogP contribution < -0.4 is 0 Å². The maximum Gasteiger partial charge on any atom is 0.345 e. The fourth-order valence-electron chi connectivity index (χ4n) is 0.429. The molecule has 0 atom stereocenters. The molecule has 0 bridgehead atoms. The molecule has 0 radical (unpaired) electrons. The van der Waals surface area contributed by atoms with Crippen molar-refractivity contribution in [1.82, 2.24) is 0 Å². The van der Waals surface area contributed by atoms with E-state index in [4.69, 9.17) is 21.8 Å². The zero-order valence-electron chi connectivity index (χ0n) is 6.45. The molecule has 0 spiro atoms. The summed E-state index contributed by atoms with van der Waals surface area (Å²) in [6.45, 7) is 1.93. The lowest BCUT2D eigenvalue weighted by Crippen LogP contribution is -1.89. The molecule has 2 N–H and O–H groups in total. The van der Waals surface area contributed by atoms with Gasteiger partial charge in [-0.15, -0.1) is 11.3 Å². The van der Waals surface area contributed by atoms with Crippen LogP contribution >= 0.6 is 22.9 Å². The number of rotatable bonds is 1. The maximum atomic E-state index is 10.2. The van der Waals surface area contributed by atoms with Gasteiger partial charge in [0.1, 0.15) is 4.88 Å². The third kappa shape index (κ3) is 4.33. The molecule has 68 valence electrons. The van der Waals surface area contributed by atoms with Crippen LogP contribution in [0, 0.1) is 0 Å². The highest BCUT2D eigenvalue weighted by Crippen LogP contribution is 2.20. The highest BCUT2D eigenvalue weighted by atomic mass is 35.5. The average Bonchev–Trinajstić information content (AvgIpc) is 2.37. The summed E-state index contributed by atoms with van der Waals surface area (Å²) in [5.74, 6) is -0.924. The molecule has 1 aromatic heterocycles. The van der Waals surface area contributed by atoms with Gasteiger partial charge in [-0.05, 0) is 19.1 Å². The fourth-order valence-corrected chi connectivity index (χ4v) is 1.31. The number of halogens is 1. The summed E-state index contributed by atoms with van der Waals surface area (Å²) in [7, 11) is 0. The maximum absolute atomic E-state index is 10.2. The lowest BCUT2D eigenvalue weighted by Gasteiger charge is -1.79. The quantitative estimate of drug-likeness (QED) is 0.743. The van der Waals surface area contributed by atoms with Crippen LogP contribution in [0.4, 0.5) is 0 Å². The second-order valence-corrected chi connectivity index (χ2v) is 3.44. The van der Waals surface area contributed by atoms with E-state index < -0.39 is 5.97 Å². The van der Waals surface area contributed by atoms with E-state index in [1.807, 2.05) is 0 Å². The molecule has 0 amide bonds. The lowest BCUT2D eigenvalue weighted by atomic mass is 10.5. The van der Waals surface area contributed by atoms with Gasteiger partial charge in [0.05, 0.1) is 4.34 Å². The molecule has 5 heteroatoms. The van der Waals surface area contributed by atoms with Crippen LogP contribution in [0.1, 0.15) is 16.6 Å². The summed E-state index contributed by atoms with van der Waals surface area (Å²) in [5.41, 5.74) is 0. The molecule has 0 aliphatic heterocycles. The minimum atomic E-state index is -0.924. The van der Waals surface area contributed by atoms with E-state index >= 15 is 0 Å². The predicted octanol–water partition coefficient (Wildman–Crippen LogP) is 2.10. The molecule has 0 aromatic carbocycles. The Balaban J connectivity index is 0.000000354. The van der Waals surface area contributed by atoms with E-state index in [1.54, 1.807) is 13.0 Å². The second-order valence-electron chi connectivity index (χ2n) is 1.73. The highest BCUT2D eigenvalue weighted by Gasteiger charge is 2.03. The Morgan fingerprint density at radius 2 is 2.17 bits per heavy atom. The first-order chi connectivity index (χ1) is 5.61. The van der Waals surface area contributed by atoms with Crippen molar-refractivity contribution < 1.29 is 15.0 Å². The van der Waals surface area contributed by atoms with Gasteiger partial charge in [0.25, 0.3) is 0 Å². The van der Waals surface area contributed by atoms with Crippen LogP contribution in [0.25, 0.3) is 0 Å². The molecular weight excluding hydrogens is 200 g/mol. The van der Waals surface area contributed by atoms with Crippen molar-refractivity contribution in [2.24, 2.45) is 0 Å². The molecule has 0 saturated carbocycles. The van der Waals surface area contributed by atoms with Crippen molar-refractivity contribution in [2.75, 3.05) is 6.61 Å². The van der Waals surface area contributed by atoms with E-state index in [2.05, 4.69) is 0 Å². The Bertz CT molecular complexity index is 247. The topological polar surface area (TPSA) is 57.5 Å². The van der Waals surface area contributed by atoms with Gasteiger partial charge in [0.15, 0.2) is 0 Å². The van der Waals surface area contributed by atoms with Gasteiger partial charge in [-0.2, -0.15) is 0 Å². The molecule has 1 aromatic rings. The lowest BCUT2D eigenvalue weighted by molar-refractivity contribution is 0.0702. The highest BCUT2D eigenvalue weighted by molar-refractivity contribution is 7.17. The molecule has 12 heavy (non-hydrogen) atoms. The molecule has 0 aliphatic rings. The van der Waals surface area contributed by atoms with Crippen LogP contribution in [-0.2, 0) is 0 Å². The third-order valence-corrected chi connectivity index (χ3v) is 2.00. The second kappa shape index (κ2) is 5.99. The molecule has 0 saturated heterocycles. The number of hydrogen-bond donors (Lipinski definition) is 2. The summed E-state index contributed by atoms with van der Waals surface area (Å²) in [5, 5.41) is 15.9. The molecule has 1 rings (SSSR count). The van der Waals surface area contributed by atoms with Crippen molar-refractivity contribution in [3.8, 4) is 0 Å².